The molecule has 0 saturated heterocycles. The van der Waals surface area contributed by atoms with Gasteiger partial charge in [-0.2, -0.15) is 5.10 Å². The van der Waals surface area contributed by atoms with Crippen LogP contribution < -0.4 is 10.1 Å². The van der Waals surface area contributed by atoms with E-state index in [0.29, 0.717) is 6.54 Å². The monoisotopic (exact) mass is 286 g/mol. The normalized spacial score (nSPS) is 11.1. The van der Waals surface area contributed by atoms with Gasteiger partial charge in [0, 0.05) is 25.4 Å². The number of para-hydroxylation sites is 1. The summed E-state index contributed by atoms with van der Waals surface area (Å²) in [5, 5.41) is 8.63. The zero-order valence-corrected chi connectivity index (χ0v) is 12.2. The lowest BCUT2D eigenvalue weighted by atomic mass is 10.2. The second kappa shape index (κ2) is 5.97. The van der Waals surface area contributed by atoms with Gasteiger partial charge in [-0.3, -0.25) is 4.68 Å². The van der Waals surface area contributed by atoms with Crippen LogP contribution in [0.3, 0.4) is 0 Å². The molecule has 2 aromatic heterocycles. The van der Waals surface area contributed by atoms with E-state index in [4.69, 9.17) is 9.15 Å². The van der Waals surface area contributed by atoms with E-state index in [1.54, 1.807) is 18.1 Å². The third-order valence-electron chi connectivity index (χ3n) is 3.25. The van der Waals surface area contributed by atoms with Gasteiger partial charge >= 0.3 is 0 Å². The highest BCUT2D eigenvalue weighted by Gasteiger charge is 2.08. The van der Waals surface area contributed by atoms with Gasteiger partial charge in [-0.25, -0.2) is 4.98 Å². The molecule has 6 nitrogen and oxygen atoms in total. The van der Waals surface area contributed by atoms with Crippen molar-refractivity contribution < 1.29 is 9.15 Å². The number of hydrogen-bond donors (Lipinski definition) is 1. The van der Waals surface area contributed by atoms with Gasteiger partial charge in [0.15, 0.2) is 17.2 Å². The Balaban J connectivity index is 1.58. The van der Waals surface area contributed by atoms with Gasteiger partial charge in [0.2, 0.25) is 0 Å². The first-order chi connectivity index (χ1) is 10.3. The highest BCUT2D eigenvalue weighted by Crippen LogP contribution is 2.28. The smallest absolute Gasteiger partial charge is 0.176 e. The van der Waals surface area contributed by atoms with Gasteiger partial charge in [0.25, 0.3) is 0 Å². The predicted molar refractivity (Wildman–Crippen MR) is 79.2 cm³/mol. The Morgan fingerprint density at radius 3 is 3.05 bits per heavy atom. The Bertz CT molecular complexity index is 732. The predicted octanol–water partition coefficient (Wildman–Crippen LogP) is 1.90. The standard InChI is InChI=1S/C15H18N4O2/c1-19-10-17-14(18-19)6-7-16-9-12-8-11-4-3-5-13(20-2)15(11)21-12/h3-5,8,10,16H,6-7,9H2,1-2H3. The maximum absolute atomic E-state index is 5.82. The first kappa shape index (κ1) is 13.6. The van der Waals surface area contributed by atoms with E-state index < -0.39 is 0 Å². The number of methoxy groups -OCH3 is 1. The van der Waals surface area contributed by atoms with Crippen molar-refractivity contribution in [2.45, 2.75) is 13.0 Å². The molecular formula is C15H18N4O2. The fourth-order valence-electron chi connectivity index (χ4n) is 2.25. The number of aryl methyl sites for hydroxylation is 1. The van der Waals surface area contributed by atoms with Crippen LogP contribution in [0.1, 0.15) is 11.6 Å². The summed E-state index contributed by atoms with van der Waals surface area (Å²) in [6, 6.07) is 7.91. The molecule has 0 aliphatic heterocycles. The summed E-state index contributed by atoms with van der Waals surface area (Å²) in [6.45, 7) is 1.48. The molecule has 0 fully saturated rings. The molecule has 1 aromatic carbocycles. The minimum atomic E-state index is 0.671. The maximum Gasteiger partial charge on any atom is 0.176 e. The molecule has 2 heterocycles. The van der Waals surface area contributed by atoms with Crippen LogP contribution in [0.25, 0.3) is 11.0 Å². The molecule has 6 heteroatoms. The number of benzene rings is 1. The van der Waals surface area contributed by atoms with Gasteiger partial charge in [-0.05, 0) is 12.1 Å². The van der Waals surface area contributed by atoms with Crippen molar-refractivity contribution in [1.29, 1.82) is 0 Å². The zero-order valence-electron chi connectivity index (χ0n) is 12.2. The maximum atomic E-state index is 5.82. The van der Waals surface area contributed by atoms with Crippen LogP contribution in [-0.4, -0.2) is 28.4 Å². The number of aromatic nitrogens is 3. The summed E-state index contributed by atoms with van der Waals surface area (Å²) >= 11 is 0. The first-order valence-corrected chi connectivity index (χ1v) is 6.87. The SMILES string of the molecule is COc1cccc2cc(CNCCc3ncn(C)n3)oc12. The molecule has 3 aromatic rings. The first-order valence-electron chi connectivity index (χ1n) is 6.87. The second-order valence-corrected chi connectivity index (χ2v) is 4.85. The molecule has 0 aliphatic carbocycles. The molecule has 110 valence electrons. The number of nitrogens with one attached hydrogen (secondary N) is 1. The summed E-state index contributed by atoms with van der Waals surface area (Å²) in [5.74, 6) is 2.50. The van der Waals surface area contributed by atoms with Crippen molar-refractivity contribution in [3.8, 4) is 5.75 Å². The van der Waals surface area contributed by atoms with Crippen molar-refractivity contribution in [3.63, 3.8) is 0 Å². The van der Waals surface area contributed by atoms with Gasteiger partial charge < -0.3 is 14.5 Å². The minimum Gasteiger partial charge on any atom is -0.493 e. The molecule has 0 bridgehead atoms. The minimum absolute atomic E-state index is 0.671. The third-order valence-corrected chi connectivity index (χ3v) is 3.25. The van der Waals surface area contributed by atoms with E-state index in [1.807, 2.05) is 31.3 Å². The molecule has 0 aliphatic rings. The molecule has 3 rings (SSSR count). The lowest BCUT2D eigenvalue weighted by molar-refractivity contribution is 0.406. The van der Waals surface area contributed by atoms with Gasteiger partial charge in [0.05, 0.1) is 13.7 Å². The number of rotatable bonds is 6. The highest BCUT2D eigenvalue weighted by molar-refractivity contribution is 5.83. The highest BCUT2D eigenvalue weighted by atomic mass is 16.5. The Morgan fingerprint density at radius 1 is 1.38 bits per heavy atom. The van der Waals surface area contributed by atoms with Crippen molar-refractivity contribution in [1.82, 2.24) is 20.1 Å². The Kier molecular flexibility index (Phi) is 3.87. The molecule has 0 unspecified atom stereocenters. The molecule has 0 amide bonds. The lowest BCUT2D eigenvalue weighted by Gasteiger charge is -2.00. The van der Waals surface area contributed by atoms with E-state index in [1.165, 1.54) is 0 Å². The molecule has 0 atom stereocenters. The molecule has 21 heavy (non-hydrogen) atoms. The van der Waals surface area contributed by atoms with E-state index >= 15 is 0 Å². The summed E-state index contributed by atoms with van der Waals surface area (Å²) in [6.07, 6.45) is 2.51. The summed E-state index contributed by atoms with van der Waals surface area (Å²) in [7, 11) is 3.51. The topological polar surface area (TPSA) is 65.1 Å². The van der Waals surface area contributed by atoms with Crippen LogP contribution in [0.15, 0.2) is 35.0 Å². The van der Waals surface area contributed by atoms with Crippen molar-refractivity contribution in [3.05, 3.63) is 42.2 Å². The Labute approximate surface area is 122 Å². The van der Waals surface area contributed by atoms with E-state index in [-0.39, 0.29) is 0 Å². The summed E-state index contributed by atoms with van der Waals surface area (Å²) in [4.78, 5) is 4.19. The average molecular weight is 286 g/mol. The quantitative estimate of drug-likeness (QED) is 0.701. The summed E-state index contributed by atoms with van der Waals surface area (Å²) < 4.78 is 12.8. The van der Waals surface area contributed by atoms with Gasteiger partial charge in [-0.1, -0.05) is 12.1 Å². The zero-order chi connectivity index (χ0) is 14.7. The number of furan rings is 1. The Hall–Kier alpha value is -2.34. The molecule has 0 spiro atoms. The van der Waals surface area contributed by atoms with E-state index in [9.17, 15) is 0 Å². The van der Waals surface area contributed by atoms with Crippen LogP contribution in [0.4, 0.5) is 0 Å². The number of fused-ring (bicyclic) bond motifs is 1. The van der Waals surface area contributed by atoms with E-state index in [2.05, 4.69) is 15.4 Å². The molecule has 0 saturated carbocycles. The lowest BCUT2D eigenvalue weighted by Crippen LogP contribution is -2.16. The van der Waals surface area contributed by atoms with Crippen LogP contribution >= 0.6 is 0 Å². The fraction of sp³-hybridized carbons (Fsp3) is 0.333. The van der Waals surface area contributed by atoms with E-state index in [0.717, 1.165) is 41.3 Å². The van der Waals surface area contributed by atoms with Gasteiger partial charge in [-0.15, -0.1) is 0 Å². The van der Waals surface area contributed by atoms with Crippen LogP contribution in [0.2, 0.25) is 0 Å². The number of nitrogens with zero attached hydrogens (tertiary/aromatic N) is 3. The molecule has 0 radical (unpaired) electrons. The molecule has 1 N–H and O–H groups in total. The molecular weight excluding hydrogens is 268 g/mol. The van der Waals surface area contributed by atoms with Crippen molar-refractivity contribution in [2.75, 3.05) is 13.7 Å². The number of ether oxygens (including phenoxy) is 1. The fourth-order valence-corrected chi connectivity index (χ4v) is 2.25. The second-order valence-electron chi connectivity index (χ2n) is 4.85. The van der Waals surface area contributed by atoms with Crippen LogP contribution in [0, 0.1) is 0 Å². The number of hydrogen-bond acceptors (Lipinski definition) is 5. The van der Waals surface area contributed by atoms with Crippen molar-refractivity contribution in [2.24, 2.45) is 7.05 Å². The van der Waals surface area contributed by atoms with Crippen molar-refractivity contribution >= 4 is 11.0 Å². The van der Waals surface area contributed by atoms with Crippen LogP contribution in [0.5, 0.6) is 5.75 Å². The largest absolute Gasteiger partial charge is 0.493 e. The van der Waals surface area contributed by atoms with Crippen LogP contribution in [-0.2, 0) is 20.0 Å². The average Bonchev–Trinajstić information content (AvgIpc) is 3.08. The summed E-state index contributed by atoms with van der Waals surface area (Å²) in [5.41, 5.74) is 0.795. The Morgan fingerprint density at radius 2 is 2.29 bits per heavy atom. The third kappa shape index (κ3) is 3.05. The van der Waals surface area contributed by atoms with Gasteiger partial charge in [0.1, 0.15) is 12.1 Å².